The van der Waals surface area contributed by atoms with E-state index in [2.05, 4.69) is 9.97 Å². The zero-order chi connectivity index (χ0) is 11.7. The fourth-order valence-electron chi connectivity index (χ4n) is 1.56. The van der Waals surface area contributed by atoms with Gasteiger partial charge >= 0.3 is 0 Å². The Kier molecular flexibility index (Phi) is 2.76. The van der Waals surface area contributed by atoms with Gasteiger partial charge in [-0.1, -0.05) is 0 Å². The van der Waals surface area contributed by atoms with Crippen molar-refractivity contribution < 1.29 is 9.84 Å². The van der Waals surface area contributed by atoms with E-state index in [-0.39, 0.29) is 6.04 Å². The molecular formula is C10H14N4O2. The summed E-state index contributed by atoms with van der Waals surface area (Å²) in [5.74, 6) is 0.518. The molecule has 0 aliphatic rings. The molecule has 0 aromatic carbocycles. The van der Waals surface area contributed by atoms with Crippen LogP contribution in [0.5, 0.6) is 5.88 Å². The predicted molar refractivity (Wildman–Crippen MR) is 58.1 cm³/mol. The highest BCUT2D eigenvalue weighted by Gasteiger charge is 2.19. The van der Waals surface area contributed by atoms with Crippen molar-refractivity contribution in [2.24, 2.45) is 5.73 Å². The Labute approximate surface area is 92.7 Å². The van der Waals surface area contributed by atoms with Gasteiger partial charge in [0.15, 0.2) is 5.65 Å². The maximum absolute atomic E-state index is 9.94. The topological polar surface area (TPSA) is 85.7 Å². The number of hydrogen-bond donors (Lipinski definition) is 2. The number of aromatic nitrogens is 3. The smallest absolute Gasteiger partial charge is 0.218 e. The van der Waals surface area contributed by atoms with E-state index in [0.29, 0.717) is 17.2 Å². The molecule has 2 atom stereocenters. The first-order valence-electron chi connectivity index (χ1n) is 4.94. The molecule has 2 rings (SSSR count). The van der Waals surface area contributed by atoms with E-state index >= 15 is 0 Å². The van der Waals surface area contributed by atoms with Crippen LogP contribution in [-0.2, 0) is 0 Å². The van der Waals surface area contributed by atoms with Gasteiger partial charge in [-0.3, -0.25) is 9.38 Å². The number of nitrogens with two attached hydrogens (primary N) is 1. The van der Waals surface area contributed by atoms with Crippen LogP contribution >= 0.6 is 0 Å². The van der Waals surface area contributed by atoms with Crippen molar-refractivity contribution in [3.63, 3.8) is 0 Å². The van der Waals surface area contributed by atoms with Gasteiger partial charge in [-0.25, -0.2) is 4.98 Å². The fraction of sp³-hybridized carbons (Fsp3) is 0.400. The highest BCUT2D eigenvalue weighted by molar-refractivity contribution is 5.41. The number of aliphatic hydroxyl groups is 1. The normalized spacial score (nSPS) is 15.0. The maximum Gasteiger partial charge on any atom is 0.218 e. The monoisotopic (exact) mass is 222 g/mol. The zero-order valence-electron chi connectivity index (χ0n) is 9.16. The number of nitrogens with zero attached hydrogens (tertiary/aromatic N) is 3. The maximum atomic E-state index is 9.94. The Morgan fingerprint density at radius 3 is 2.81 bits per heavy atom. The standard InChI is InChI=1S/C10H14N4O2/c1-6(11)10(15)7-3-13-8-4-12-5-9(16-2)14(7)8/h3-6,10,15H,11H2,1-2H3. The zero-order valence-corrected chi connectivity index (χ0v) is 9.16. The minimum atomic E-state index is -0.786. The third-order valence-electron chi connectivity index (χ3n) is 2.42. The van der Waals surface area contributed by atoms with Gasteiger partial charge in [0.25, 0.3) is 0 Å². The van der Waals surface area contributed by atoms with Crippen LogP contribution in [0.15, 0.2) is 18.6 Å². The highest BCUT2D eigenvalue weighted by atomic mass is 16.5. The van der Waals surface area contributed by atoms with Gasteiger partial charge in [0.05, 0.1) is 31.4 Å². The summed E-state index contributed by atoms with van der Waals surface area (Å²) in [5.41, 5.74) is 6.88. The van der Waals surface area contributed by atoms with Crippen LogP contribution in [0.1, 0.15) is 18.7 Å². The summed E-state index contributed by atoms with van der Waals surface area (Å²) in [6.07, 6.45) is 3.95. The average Bonchev–Trinajstić information content (AvgIpc) is 2.71. The van der Waals surface area contributed by atoms with Crippen molar-refractivity contribution in [1.82, 2.24) is 14.4 Å². The van der Waals surface area contributed by atoms with Crippen molar-refractivity contribution >= 4 is 5.65 Å². The van der Waals surface area contributed by atoms with Crippen LogP contribution in [0.25, 0.3) is 5.65 Å². The molecule has 3 N–H and O–H groups in total. The quantitative estimate of drug-likeness (QED) is 0.770. The molecule has 2 heterocycles. The molecule has 0 aliphatic carbocycles. The Morgan fingerprint density at radius 1 is 1.44 bits per heavy atom. The summed E-state index contributed by atoms with van der Waals surface area (Å²) in [6.45, 7) is 1.73. The van der Waals surface area contributed by atoms with Crippen LogP contribution in [0.4, 0.5) is 0 Å². The van der Waals surface area contributed by atoms with Crippen LogP contribution in [0.3, 0.4) is 0 Å². The summed E-state index contributed by atoms with van der Waals surface area (Å²) in [6, 6.07) is -0.377. The lowest BCUT2D eigenvalue weighted by Crippen LogP contribution is -2.25. The second-order valence-electron chi connectivity index (χ2n) is 3.63. The van der Waals surface area contributed by atoms with Gasteiger partial charge in [0, 0.05) is 6.04 Å². The molecule has 16 heavy (non-hydrogen) atoms. The molecule has 2 aromatic heterocycles. The number of fused-ring (bicyclic) bond motifs is 1. The fourth-order valence-corrected chi connectivity index (χ4v) is 1.56. The van der Waals surface area contributed by atoms with Crippen LogP contribution in [0.2, 0.25) is 0 Å². The Hall–Kier alpha value is -1.66. The van der Waals surface area contributed by atoms with Gasteiger partial charge in [-0.05, 0) is 6.92 Å². The van der Waals surface area contributed by atoms with Crippen molar-refractivity contribution in [3.05, 3.63) is 24.3 Å². The van der Waals surface area contributed by atoms with Crippen LogP contribution in [-0.4, -0.2) is 32.6 Å². The number of hydrogen-bond acceptors (Lipinski definition) is 5. The van der Waals surface area contributed by atoms with E-state index in [9.17, 15) is 5.11 Å². The van der Waals surface area contributed by atoms with Crippen LogP contribution in [0, 0.1) is 0 Å². The van der Waals surface area contributed by atoms with E-state index in [0.717, 1.165) is 0 Å². The molecule has 0 saturated heterocycles. The van der Waals surface area contributed by atoms with E-state index in [1.165, 1.54) is 0 Å². The molecule has 0 saturated carbocycles. The van der Waals surface area contributed by atoms with Gasteiger partial charge in [0.2, 0.25) is 5.88 Å². The molecule has 6 nitrogen and oxygen atoms in total. The summed E-state index contributed by atoms with van der Waals surface area (Å²) >= 11 is 0. The van der Waals surface area contributed by atoms with Gasteiger partial charge in [-0.2, -0.15) is 0 Å². The molecule has 0 fully saturated rings. The van der Waals surface area contributed by atoms with E-state index in [4.69, 9.17) is 10.5 Å². The minimum Gasteiger partial charge on any atom is -0.481 e. The molecule has 2 aromatic rings. The molecule has 0 spiro atoms. The summed E-state index contributed by atoms with van der Waals surface area (Å²) in [5, 5.41) is 9.94. The molecule has 2 unspecified atom stereocenters. The second kappa shape index (κ2) is 4.07. The minimum absolute atomic E-state index is 0.377. The third-order valence-corrected chi connectivity index (χ3v) is 2.42. The Balaban J connectivity index is 2.62. The summed E-state index contributed by atoms with van der Waals surface area (Å²) in [4.78, 5) is 8.12. The Bertz CT molecular complexity index is 495. The van der Waals surface area contributed by atoms with Crippen molar-refractivity contribution in [2.75, 3.05) is 7.11 Å². The van der Waals surface area contributed by atoms with Crippen molar-refractivity contribution in [1.29, 1.82) is 0 Å². The first-order valence-corrected chi connectivity index (χ1v) is 4.94. The highest BCUT2D eigenvalue weighted by Crippen LogP contribution is 2.21. The van der Waals surface area contributed by atoms with Gasteiger partial charge in [-0.15, -0.1) is 0 Å². The van der Waals surface area contributed by atoms with E-state index in [1.807, 2.05) is 0 Å². The molecule has 86 valence electrons. The lowest BCUT2D eigenvalue weighted by molar-refractivity contribution is 0.147. The number of imidazole rings is 1. The number of methoxy groups -OCH3 is 1. The summed E-state index contributed by atoms with van der Waals surface area (Å²) in [7, 11) is 1.54. The third kappa shape index (κ3) is 1.62. The SMILES string of the molecule is COc1cncc2ncc(C(O)C(C)N)n12. The molecule has 0 bridgehead atoms. The number of aliphatic hydroxyl groups excluding tert-OH is 1. The van der Waals surface area contributed by atoms with Crippen LogP contribution < -0.4 is 10.5 Å². The van der Waals surface area contributed by atoms with E-state index in [1.54, 1.807) is 37.0 Å². The Morgan fingerprint density at radius 2 is 2.19 bits per heavy atom. The molecule has 0 aliphatic heterocycles. The first-order chi connectivity index (χ1) is 7.65. The average molecular weight is 222 g/mol. The molecule has 0 radical (unpaired) electrons. The largest absolute Gasteiger partial charge is 0.481 e. The molecule has 0 amide bonds. The number of rotatable bonds is 3. The second-order valence-corrected chi connectivity index (χ2v) is 3.63. The summed E-state index contributed by atoms with van der Waals surface area (Å²) < 4.78 is 6.86. The van der Waals surface area contributed by atoms with Gasteiger partial charge in [0.1, 0.15) is 6.10 Å². The predicted octanol–water partition coefficient (Wildman–Crippen LogP) is 0.118. The van der Waals surface area contributed by atoms with E-state index < -0.39 is 6.10 Å². The van der Waals surface area contributed by atoms with Crippen molar-refractivity contribution in [3.8, 4) is 5.88 Å². The first kappa shape index (κ1) is 10.8. The lowest BCUT2D eigenvalue weighted by Gasteiger charge is -2.15. The molecule has 6 heteroatoms. The molecular weight excluding hydrogens is 208 g/mol. The van der Waals surface area contributed by atoms with Gasteiger partial charge < -0.3 is 15.6 Å². The lowest BCUT2D eigenvalue weighted by atomic mass is 10.1. The number of ether oxygens (including phenoxy) is 1. The van der Waals surface area contributed by atoms with Crippen molar-refractivity contribution in [2.45, 2.75) is 19.1 Å².